The summed E-state index contributed by atoms with van der Waals surface area (Å²) in [7, 11) is -3.66. The van der Waals surface area contributed by atoms with Crippen molar-refractivity contribution in [2.75, 3.05) is 19.7 Å². The second kappa shape index (κ2) is 7.58. The lowest BCUT2D eigenvalue weighted by Crippen LogP contribution is -2.35. The maximum Gasteiger partial charge on any atom is 0.265 e. The van der Waals surface area contributed by atoms with Crippen LogP contribution in [0.15, 0.2) is 62.9 Å². The predicted octanol–water partition coefficient (Wildman–Crippen LogP) is 3.49. The van der Waals surface area contributed by atoms with E-state index in [2.05, 4.69) is 20.9 Å². The summed E-state index contributed by atoms with van der Waals surface area (Å²) in [5.41, 5.74) is 1.04. The highest BCUT2D eigenvalue weighted by Gasteiger charge is 2.31. The van der Waals surface area contributed by atoms with Crippen LogP contribution in [0, 0.1) is 0 Å². The summed E-state index contributed by atoms with van der Waals surface area (Å²) in [4.78, 5) is 4.61. The number of amidine groups is 1. The zero-order valence-corrected chi connectivity index (χ0v) is 16.3. The van der Waals surface area contributed by atoms with E-state index in [1.54, 1.807) is 18.2 Å². The molecule has 1 aliphatic rings. The molecule has 0 aliphatic carbocycles. The highest BCUT2D eigenvalue weighted by atomic mass is 79.9. The third kappa shape index (κ3) is 3.88. The fourth-order valence-electron chi connectivity index (χ4n) is 2.70. The smallest absolute Gasteiger partial charge is 0.265 e. The van der Waals surface area contributed by atoms with E-state index in [0.29, 0.717) is 37.7 Å². The van der Waals surface area contributed by atoms with Gasteiger partial charge in [-0.15, -0.1) is 0 Å². The first kappa shape index (κ1) is 17.9. The van der Waals surface area contributed by atoms with Crippen molar-refractivity contribution in [1.82, 2.24) is 4.31 Å². The van der Waals surface area contributed by atoms with Crippen LogP contribution in [0.25, 0.3) is 0 Å². The van der Waals surface area contributed by atoms with Crippen molar-refractivity contribution >= 4 is 31.8 Å². The van der Waals surface area contributed by atoms with E-state index >= 15 is 0 Å². The quantitative estimate of drug-likeness (QED) is 0.715. The van der Waals surface area contributed by atoms with Crippen LogP contribution in [-0.4, -0.2) is 38.3 Å². The van der Waals surface area contributed by atoms with Gasteiger partial charge in [-0.3, -0.25) is 9.30 Å². The molecule has 0 N–H and O–H groups in total. The number of halogens is 1. The van der Waals surface area contributed by atoms with Crippen LogP contribution in [0.5, 0.6) is 5.75 Å². The lowest BCUT2D eigenvalue weighted by atomic mass is 10.1. The molecule has 2 aromatic rings. The predicted molar refractivity (Wildman–Crippen MR) is 102 cm³/mol. The third-order valence-electron chi connectivity index (χ3n) is 3.88. The Morgan fingerprint density at radius 1 is 1.20 bits per heavy atom. The molecule has 0 saturated heterocycles. The van der Waals surface area contributed by atoms with Crippen molar-refractivity contribution in [3.05, 3.63) is 58.6 Å². The second-order valence-electron chi connectivity index (χ2n) is 5.56. The molecule has 3 rings (SSSR count). The van der Waals surface area contributed by atoms with Crippen LogP contribution >= 0.6 is 15.9 Å². The number of hydrogen-bond donors (Lipinski definition) is 0. The summed E-state index contributed by atoms with van der Waals surface area (Å²) in [6, 6.07) is 14.6. The van der Waals surface area contributed by atoms with Crippen LogP contribution in [0.2, 0.25) is 0 Å². The van der Waals surface area contributed by atoms with Gasteiger partial charge in [0, 0.05) is 12.5 Å². The number of hydrogen-bond acceptors (Lipinski definition) is 4. The van der Waals surface area contributed by atoms with E-state index in [-0.39, 0.29) is 4.90 Å². The van der Waals surface area contributed by atoms with Gasteiger partial charge >= 0.3 is 0 Å². The molecule has 1 heterocycles. The van der Waals surface area contributed by atoms with Crippen molar-refractivity contribution < 1.29 is 13.2 Å². The van der Waals surface area contributed by atoms with Crippen LogP contribution in [0.3, 0.4) is 0 Å². The third-order valence-corrected chi connectivity index (χ3v) is 6.36. The summed E-state index contributed by atoms with van der Waals surface area (Å²) in [5.74, 6) is 1.09. The van der Waals surface area contributed by atoms with E-state index in [1.165, 1.54) is 4.31 Å². The Morgan fingerprint density at radius 3 is 2.68 bits per heavy atom. The minimum atomic E-state index is -3.66. The van der Waals surface area contributed by atoms with Crippen LogP contribution in [0.1, 0.15) is 12.5 Å². The van der Waals surface area contributed by atoms with Gasteiger partial charge in [0.2, 0.25) is 0 Å². The molecule has 7 heteroatoms. The first-order valence-electron chi connectivity index (χ1n) is 8.04. The summed E-state index contributed by atoms with van der Waals surface area (Å²) < 4.78 is 33.8. The fourth-order valence-corrected chi connectivity index (χ4v) is 4.53. The number of rotatable bonds is 6. The Kier molecular flexibility index (Phi) is 5.44. The maximum absolute atomic E-state index is 13.1. The molecule has 5 nitrogen and oxygen atoms in total. The van der Waals surface area contributed by atoms with Gasteiger partial charge in [-0.1, -0.05) is 30.3 Å². The highest BCUT2D eigenvalue weighted by molar-refractivity contribution is 9.10. The molecule has 0 atom stereocenters. The Balaban J connectivity index is 1.89. The molecule has 0 saturated carbocycles. The van der Waals surface area contributed by atoms with Crippen molar-refractivity contribution in [3.63, 3.8) is 0 Å². The molecule has 0 bridgehead atoms. The van der Waals surface area contributed by atoms with Gasteiger partial charge in [-0.2, -0.15) is 0 Å². The number of benzene rings is 2. The topological polar surface area (TPSA) is 59.0 Å². The Morgan fingerprint density at radius 2 is 1.96 bits per heavy atom. The lowest BCUT2D eigenvalue weighted by Gasteiger charge is -2.21. The highest BCUT2D eigenvalue weighted by Crippen LogP contribution is 2.30. The molecule has 0 radical (unpaired) electrons. The van der Waals surface area contributed by atoms with Crippen molar-refractivity contribution in [2.45, 2.75) is 18.2 Å². The second-order valence-corrected chi connectivity index (χ2v) is 8.28. The Bertz CT molecular complexity index is 882. The van der Waals surface area contributed by atoms with E-state index in [1.807, 2.05) is 37.3 Å². The van der Waals surface area contributed by atoms with E-state index < -0.39 is 10.0 Å². The normalized spacial score (nSPS) is 14.5. The minimum absolute atomic E-state index is 0.210. The molecule has 0 amide bonds. The summed E-state index contributed by atoms with van der Waals surface area (Å²) in [6.45, 7) is 3.17. The van der Waals surface area contributed by atoms with E-state index in [0.717, 1.165) is 10.0 Å². The van der Waals surface area contributed by atoms with Gasteiger partial charge in [-0.05, 0) is 40.5 Å². The minimum Gasteiger partial charge on any atom is -0.493 e. The molecule has 0 unspecified atom stereocenters. The van der Waals surface area contributed by atoms with Gasteiger partial charge in [0.15, 0.2) is 0 Å². The summed E-state index contributed by atoms with van der Waals surface area (Å²) in [5, 5.41) is 0. The van der Waals surface area contributed by atoms with Crippen LogP contribution in [-0.2, 0) is 16.4 Å². The van der Waals surface area contributed by atoms with Crippen molar-refractivity contribution in [3.8, 4) is 5.75 Å². The zero-order chi connectivity index (χ0) is 17.9. The van der Waals surface area contributed by atoms with Gasteiger partial charge in [0.1, 0.15) is 11.6 Å². The lowest BCUT2D eigenvalue weighted by molar-refractivity contribution is 0.337. The van der Waals surface area contributed by atoms with Crippen LogP contribution in [0.4, 0.5) is 0 Å². The average molecular weight is 423 g/mol. The Hall–Kier alpha value is -1.86. The summed E-state index contributed by atoms with van der Waals surface area (Å²) in [6.07, 6.45) is 0.495. The molecule has 2 aromatic carbocycles. The van der Waals surface area contributed by atoms with Crippen LogP contribution < -0.4 is 4.74 Å². The molecule has 25 heavy (non-hydrogen) atoms. The molecule has 0 aromatic heterocycles. The van der Waals surface area contributed by atoms with Crippen molar-refractivity contribution in [1.29, 1.82) is 0 Å². The zero-order valence-electron chi connectivity index (χ0n) is 13.9. The molecular weight excluding hydrogens is 404 g/mol. The summed E-state index contributed by atoms with van der Waals surface area (Å²) >= 11 is 3.38. The molecule has 0 spiro atoms. The van der Waals surface area contributed by atoms with Gasteiger partial charge in [0.05, 0.1) is 29.1 Å². The monoisotopic (exact) mass is 422 g/mol. The number of nitrogens with zero attached hydrogens (tertiary/aromatic N) is 2. The number of sulfonamides is 1. The van der Waals surface area contributed by atoms with Crippen molar-refractivity contribution in [2.24, 2.45) is 4.99 Å². The number of ether oxygens (including phenoxy) is 1. The first-order chi connectivity index (χ1) is 12.0. The van der Waals surface area contributed by atoms with E-state index in [4.69, 9.17) is 4.74 Å². The van der Waals surface area contributed by atoms with Gasteiger partial charge < -0.3 is 4.74 Å². The van der Waals surface area contributed by atoms with Gasteiger partial charge in [0.25, 0.3) is 10.0 Å². The van der Waals surface area contributed by atoms with E-state index in [9.17, 15) is 8.42 Å². The molecule has 132 valence electrons. The standard InChI is InChI=1S/C18H19BrN2O3S/c1-2-24-17-13-15(8-9-16(17)19)25(22,23)21-11-10-20-18(21)12-14-6-4-3-5-7-14/h3-9,13H,2,10-12H2,1H3. The largest absolute Gasteiger partial charge is 0.493 e. The molecular formula is C18H19BrN2O3S. The molecule has 1 aliphatic heterocycles. The average Bonchev–Trinajstić information content (AvgIpc) is 3.07. The first-order valence-corrected chi connectivity index (χ1v) is 10.3. The molecule has 0 fully saturated rings. The maximum atomic E-state index is 13.1. The Labute approximate surface area is 156 Å². The number of aliphatic imine (C=N–C) groups is 1. The SMILES string of the molecule is CCOc1cc(S(=O)(=O)N2CCN=C2Cc2ccccc2)ccc1Br. The fraction of sp³-hybridized carbons (Fsp3) is 0.278. The van der Waals surface area contributed by atoms with Gasteiger partial charge in [-0.25, -0.2) is 8.42 Å².